The van der Waals surface area contributed by atoms with Gasteiger partial charge in [0.05, 0.1) is 12.4 Å². The first-order valence-electron chi connectivity index (χ1n) is 6.43. The summed E-state index contributed by atoms with van der Waals surface area (Å²) < 4.78 is 1.84. The van der Waals surface area contributed by atoms with Crippen molar-refractivity contribution in [3.05, 3.63) is 18.7 Å². The van der Waals surface area contributed by atoms with E-state index in [0.717, 1.165) is 24.6 Å². The highest BCUT2D eigenvalue weighted by atomic mass is 15.4. The first-order valence-corrected chi connectivity index (χ1v) is 6.43. The van der Waals surface area contributed by atoms with Gasteiger partial charge in [0.1, 0.15) is 6.33 Å². The smallest absolute Gasteiger partial charge is 0.175 e. The number of aromatic nitrogens is 4. The average molecular weight is 244 g/mol. The molecule has 0 bridgehead atoms. The highest BCUT2D eigenvalue weighted by molar-refractivity contribution is 5.48. The normalized spacial score (nSPS) is 25.8. The van der Waals surface area contributed by atoms with Crippen LogP contribution in [0.3, 0.4) is 0 Å². The number of rotatable bonds is 1. The van der Waals surface area contributed by atoms with E-state index in [1.54, 1.807) is 12.5 Å². The number of fused-ring (bicyclic) bond motifs is 1. The lowest BCUT2D eigenvalue weighted by molar-refractivity contribution is 0.141. The molecule has 1 unspecified atom stereocenters. The van der Waals surface area contributed by atoms with Crippen LogP contribution in [0.5, 0.6) is 0 Å². The maximum Gasteiger partial charge on any atom is 0.175 e. The van der Waals surface area contributed by atoms with Crippen LogP contribution in [0.1, 0.15) is 19.3 Å². The molecular formula is C12H16N6. The van der Waals surface area contributed by atoms with Gasteiger partial charge in [-0.2, -0.15) is 9.61 Å². The number of anilines is 1. The Hall–Kier alpha value is -1.69. The molecule has 1 saturated heterocycles. The maximum atomic E-state index is 6.31. The Balaban J connectivity index is 1.74. The Bertz CT molecular complexity index is 587. The fourth-order valence-electron chi connectivity index (χ4n) is 3.28. The van der Waals surface area contributed by atoms with Gasteiger partial charge in [-0.15, -0.1) is 0 Å². The summed E-state index contributed by atoms with van der Waals surface area (Å²) >= 11 is 0. The predicted octanol–water partition coefficient (Wildman–Crippen LogP) is 0.442. The molecule has 1 aliphatic heterocycles. The summed E-state index contributed by atoms with van der Waals surface area (Å²) in [5.41, 5.74) is 7.44. The molecule has 2 aromatic rings. The van der Waals surface area contributed by atoms with Gasteiger partial charge in [0.15, 0.2) is 11.5 Å². The standard InChI is InChI=1S/C12H16N6/c13-9-6-17(7-12(9)2-1-3-12)11-5-14-4-10-15-8-16-18(10)11/h4-5,8-9H,1-3,6-7,13H2. The zero-order valence-electron chi connectivity index (χ0n) is 10.2. The van der Waals surface area contributed by atoms with E-state index in [-0.39, 0.29) is 6.04 Å². The van der Waals surface area contributed by atoms with Crippen molar-refractivity contribution < 1.29 is 0 Å². The van der Waals surface area contributed by atoms with Gasteiger partial charge in [-0.3, -0.25) is 4.98 Å². The summed E-state index contributed by atoms with van der Waals surface area (Å²) in [6, 6.07) is 0.269. The topological polar surface area (TPSA) is 72.3 Å². The molecule has 0 amide bonds. The molecule has 2 fully saturated rings. The molecule has 4 rings (SSSR count). The summed E-state index contributed by atoms with van der Waals surface area (Å²) in [4.78, 5) is 10.7. The highest BCUT2D eigenvalue weighted by Gasteiger charge is 2.49. The van der Waals surface area contributed by atoms with E-state index in [2.05, 4.69) is 20.0 Å². The van der Waals surface area contributed by atoms with Crippen molar-refractivity contribution in [1.82, 2.24) is 19.6 Å². The fraction of sp³-hybridized carbons (Fsp3) is 0.583. The molecule has 2 aromatic heterocycles. The first kappa shape index (κ1) is 10.3. The first-order chi connectivity index (χ1) is 8.78. The van der Waals surface area contributed by atoms with Gasteiger partial charge < -0.3 is 10.6 Å². The van der Waals surface area contributed by atoms with E-state index >= 15 is 0 Å². The van der Waals surface area contributed by atoms with E-state index in [1.165, 1.54) is 19.3 Å². The third-order valence-electron chi connectivity index (χ3n) is 4.55. The molecule has 3 heterocycles. The Morgan fingerprint density at radius 2 is 2.22 bits per heavy atom. The summed E-state index contributed by atoms with van der Waals surface area (Å²) in [5.74, 6) is 1.00. The molecule has 94 valence electrons. The van der Waals surface area contributed by atoms with Crippen molar-refractivity contribution >= 4 is 11.5 Å². The van der Waals surface area contributed by atoms with Crippen molar-refractivity contribution in [2.45, 2.75) is 25.3 Å². The van der Waals surface area contributed by atoms with Gasteiger partial charge in [-0.05, 0) is 12.8 Å². The molecule has 6 nitrogen and oxygen atoms in total. The lowest BCUT2D eigenvalue weighted by Crippen LogP contribution is -2.45. The Morgan fingerprint density at radius 1 is 1.33 bits per heavy atom. The van der Waals surface area contributed by atoms with E-state index < -0.39 is 0 Å². The second-order valence-electron chi connectivity index (χ2n) is 5.50. The highest BCUT2D eigenvalue weighted by Crippen LogP contribution is 2.48. The minimum Gasteiger partial charge on any atom is -0.353 e. The molecule has 1 spiro atoms. The molecule has 0 aromatic carbocycles. The second kappa shape index (κ2) is 3.41. The van der Waals surface area contributed by atoms with Crippen molar-refractivity contribution in [3.8, 4) is 0 Å². The van der Waals surface area contributed by atoms with E-state index in [9.17, 15) is 0 Å². The van der Waals surface area contributed by atoms with Crippen LogP contribution < -0.4 is 10.6 Å². The lowest BCUT2D eigenvalue weighted by atomic mass is 9.66. The van der Waals surface area contributed by atoms with Gasteiger partial charge in [-0.1, -0.05) is 6.42 Å². The molecule has 2 aliphatic rings. The molecule has 6 heteroatoms. The number of nitrogens with zero attached hydrogens (tertiary/aromatic N) is 5. The second-order valence-corrected chi connectivity index (χ2v) is 5.50. The molecule has 1 aliphatic carbocycles. The molecule has 1 saturated carbocycles. The van der Waals surface area contributed by atoms with Crippen molar-refractivity contribution in [3.63, 3.8) is 0 Å². The third kappa shape index (κ3) is 1.23. The summed E-state index contributed by atoms with van der Waals surface area (Å²) in [6.07, 6.45) is 8.97. The number of hydrogen-bond acceptors (Lipinski definition) is 5. The monoisotopic (exact) mass is 244 g/mol. The zero-order chi connectivity index (χ0) is 12.2. The van der Waals surface area contributed by atoms with Crippen LogP contribution in [0.2, 0.25) is 0 Å². The van der Waals surface area contributed by atoms with Crippen LogP contribution in [0, 0.1) is 5.41 Å². The third-order valence-corrected chi connectivity index (χ3v) is 4.55. The van der Waals surface area contributed by atoms with Crippen LogP contribution in [0.15, 0.2) is 18.7 Å². The van der Waals surface area contributed by atoms with Crippen LogP contribution in [0.25, 0.3) is 5.65 Å². The minimum absolute atomic E-state index is 0.269. The average Bonchev–Trinajstić information content (AvgIpc) is 2.91. The number of nitrogens with two attached hydrogens (primary N) is 1. The SMILES string of the molecule is NC1CN(c2cncc3ncnn23)CC12CCC2. The summed E-state index contributed by atoms with van der Waals surface area (Å²) in [6.45, 7) is 1.91. The van der Waals surface area contributed by atoms with Crippen molar-refractivity contribution in [2.75, 3.05) is 18.0 Å². The van der Waals surface area contributed by atoms with E-state index in [1.807, 2.05) is 10.7 Å². The molecular weight excluding hydrogens is 228 g/mol. The van der Waals surface area contributed by atoms with Gasteiger partial charge in [0.25, 0.3) is 0 Å². The molecule has 1 atom stereocenters. The predicted molar refractivity (Wildman–Crippen MR) is 67.3 cm³/mol. The largest absolute Gasteiger partial charge is 0.353 e. The Kier molecular flexibility index (Phi) is 1.94. The van der Waals surface area contributed by atoms with Gasteiger partial charge in [-0.25, -0.2) is 4.98 Å². The van der Waals surface area contributed by atoms with Gasteiger partial charge >= 0.3 is 0 Å². The molecule has 0 radical (unpaired) electrons. The van der Waals surface area contributed by atoms with Gasteiger partial charge in [0.2, 0.25) is 0 Å². The summed E-state index contributed by atoms with van der Waals surface area (Å²) in [5, 5.41) is 4.26. The van der Waals surface area contributed by atoms with Crippen molar-refractivity contribution in [1.29, 1.82) is 0 Å². The van der Waals surface area contributed by atoms with Crippen LogP contribution in [-0.4, -0.2) is 38.7 Å². The Labute approximate surface area is 105 Å². The maximum absolute atomic E-state index is 6.31. The zero-order valence-corrected chi connectivity index (χ0v) is 10.2. The van der Waals surface area contributed by atoms with Crippen molar-refractivity contribution in [2.24, 2.45) is 11.1 Å². The minimum atomic E-state index is 0.269. The van der Waals surface area contributed by atoms with Crippen LogP contribution >= 0.6 is 0 Å². The fourth-order valence-corrected chi connectivity index (χ4v) is 3.28. The van der Waals surface area contributed by atoms with E-state index in [0.29, 0.717) is 5.41 Å². The van der Waals surface area contributed by atoms with E-state index in [4.69, 9.17) is 5.73 Å². The molecule has 18 heavy (non-hydrogen) atoms. The quantitative estimate of drug-likeness (QED) is 0.788. The number of hydrogen-bond donors (Lipinski definition) is 1. The summed E-state index contributed by atoms with van der Waals surface area (Å²) in [7, 11) is 0. The Morgan fingerprint density at radius 3 is 2.94 bits per heavy atom. The lowest BCUT2D eigenvalue weighted by Gasteiger charge is -2.41. The van der Waals surface area contributed by atoms with Gasteiger partial charge in [0, 0.05) is 24.5 Å². The molecule has 2 N–H and O–H groups in total. The van der Waals surface area contributed by atoms with Crippen LogP contribution in [0.4, 0.5) is 5.82 Å². The van der Waals surface area contributed by atoms with Crippen LogP contribution in [-0.2, 0) is 0 Å².